The molecule has 0 atom stereocenters. The number of aromatic nitrogens is 2. The lowest BCUT2D eigenvalue weighted by Gasteiger charge is -2.09. The summed E-state index contributed by atoms with van der Waals surface area (Å²) < 4.78 is 0. The molecule has 0 aliphatic heterocycles. The van der Waals surface area contributed by atoms with Gasteiger partial charge in [0.25, 0.3) is 0 Å². The summed E-state index contributed by atoms with van der Waals surface area (Å²) in [7, 11) is 0. The van der Waals surface area contributed by atoms with Gasteiger partial charge in [-0.25, -0.2) is 4.98 Å². The molecule has 102 valence electrons. The molecule has 1 heterocycles. The lowest BCUT2D eigenvalue weighted by atomic mass is 10.0. The van der Waals surface area contributed by atoms with Crippen molar-refractivity contribution in [1.82, 2.24) is 9.97 Å². The summed E-state index contributed by atoms with van der Waals surface area (Å²) in [6, 6.07) is 9.05. The minimum atomic E-state index is -0.190. The quantitative estimate of drug-likeness (QED) is 0.718. The van der Waals surface area contributed by atoms with Crippen molar-refractivity contribution in [2.24, 2.45) is 0 Å². The molecule has 3 rings (SSSR count). The van der Waals surface area contributed by atoms with E-state index < -0.39 is 0 Å². The van der Waals surface area contributed by atoms with Crippen LogP contribution < -0.4 is 0 Å². The first-order valence-corrected chi connectivity index (χ1v) is 6.97. The monoisotopic (exact) mass is 326 g/mol. The number of H-pyrrole nitrogens is 1. The molecule has 0 saturated heterocycles. The summed E-state index contributed by atoms with van der Waals surface area (Å²) in [6.07, 6.45) is 0. The molecule has 0 spiro atoms. The second kappa shape index (κ2) is 5.26. The molecule has 3 nitrogen and oxygen atoms in total. The van der Waals surface area contributed by atoms with Gasteiger partial charge in [-0.2, -0.15) is 0 Å². The minimum Gasteiger partial charge on any atom is -0.388 e. The van der Waals surface area contributed by atoms with Crippen LogP contribution in [0, 0.1) is 0 Å². The van der Waals surface area contributed by atoms with E-state index in [1.807, 2.05) is 18.2 Å². The van der Waals surface area contributed by atoms with Crippen molar-refractivity contribution in [2.75, 3.05) is 0 Å². The summed E-state index contributed by atoms with van der Waals surface area (Å²) in [6.45, 7) is -0.190. The van der Waals surface area contributed by atoms with Gasteiger partial charge in [0, 0.05) is 16.1 Å². The summed E-state index contributed by atoms with van der Waals surface area (Å²) in [5, 5.41) is 10.6. The maximum atomic E-state index is 9.14. The first-order valence-electron chi connectivity index (χ1n) is 5.84. The van der Waals surface area contributed by atoms with Crippen molar-refractivity contribution in [1.29, 1.82) is 0 Å². The molecule has 3 aromatic rings. The van der Waals surface area contributed by atoms with E-state index >= 15 is 0 Å². The van der Waals surface area contributed by atoms with Gasteiger partial charge in [0.15, 0.2) is 0 Å². The smallest absolute Gasteiger partial charge is 0.133 e. The van der Waals surface area contributed by atoms with Crippen LogP contribution in [0.3, 0.4) is 0 Å². The van der Waals surface area contributed by atoms with E-state index in [4.69, 9.17) is 39.9 Å². The van der Waals surface area contributed by atoms with Gasteiger partial charge in [-0.05, 0) is 12.1 Å². The highest BCUT2D eigenvalue weighted by Crippen LogP contribution is 2.41. The van der Waals surface area contributed by atoms with Gasteiger partial charge in [-0.15, -0.1) is 0 Å². The molecule has 0 aliphatic rings. The Balaban J connectivity index is 2.34. The first kappa shape index (κ1) is 13.7. The third kappa shape index (κ3) is 2.17. The van der Waals surface area contributed by atoms with E-state index in [0.717, 1.165) is 5.56 Å². The fourth-order valence-corrected chi connectivity index (χ4v) is 3.05. The van der Waals surface area contributed by atoms with Crippen LogP contribution in [0.1, 0.15) is 5.82 Å². The number of aliphatic hydroxyl groups excluding tert-OH is 1. The van der Waals surface area contributed by atoms with E-state index in [-0.39, 0.29) is 6.61 Å². The van der Waals surface area contributed by atoms with E-state index in [9.17, 15) is 0 Å². The van der Waals surface area contributed by atoms with Crippen LogP contribution in [0.2, 0.25) is 15.1 Å². The highest BCUT2D eigenvalue weighted by Gasteiger charge is 2.17. The van der Waals surface area contributed by atoms with Gasteiger partial charge in [0.2, 0.25) is 0 Å². The molecular weight excluding hydrogens is 319 g/mol. The number of fused-ring (bicyclic) bond motifs is 1. The zero-order valence-corrected chi connectivity index (χ0v) is 12.4. The number of hydrogen-bond donors (Lipinski definition) is 2. The van der Waals surface area contributed by atoms with Crippen molar-refractivity contribution in [3.63, 3.8) is 0 Å². The number of hydrogen-bond acceptors (Lipinski definition) is 2. The van der Waals surface area contributed by atoms with Gasteiger partial charge in [-0.1, -0.05) is 53.0 Å². The second-order valence-electron chi connectivity index (χ2n) is 4.26. The van der Waals surface area contributed by atoms with E-state index in [2.05, 4.69) is 9.97 Å². The van der Waals surface area contributed by atoms with E-state index in [1.165, 1.54) is 0 Å². The summed E-state index contributed by atoms with van der Waals surface area (Å²) >= 11 is 18.9. The number of benzene rings is 2. The SMILES string of the molecule is OCc1nc2c(Cl)c(-c3ccccc3Cl)c(Cl)cc2[nH]1. The minimum absolute atomic E-state index is 0.190. The van der Waals surface area contributed by atoms with Crippen LogP contribution in [-0.4, -0.2) is 15.1 Å². The average Bonchev–Trinajstić information content (AvgIpc) is 2.84. The molecule has 0 bridgehead atoms. The molecule has 0 amide bonds. The zero-order chi connectivity index (χ0) is 14.3. The summed E-state index contributed by atoms with van der Waals surface area (Å²) in [4.78, 5) is 7.21. The Kier molecular flexibility index (Phi) is 3.61. The topological polar surface area (TPSA) is 48.9 Å². The molecule has 2 N–H and O–H groups in total. The van der Waals surface area contributed by atoms with Crippen LogP contribution in [0.4, 0.5) is 0 Å². The average molecular weight is 328 g/mol. The molecule has 20 heavy (non-hydrogen) atoms. The van der Waals surface area contributed by atoms with Crippen LogP contribution in [-0.2, 0) is 6.61 Å². The summed E-state index contributed by atoms with van der Waals surface area (Å²) in [5.41, 5.74) is 2.64. The lowest BCUT2D eigenvalue weighted by Crippen LogP contribution is -1.85. The largest absolute Gasteiger partial charge is 0.388 e. The zero-order valence-electron chi connectivity index (χ0n) is 10.1. The number of imidazole rings is 1. The van der Waals surface area contributed by atoms with Gasteiger partial charge < -0.3 is 10.1 Å². The number of rotatable bonds is 2. The van der Waals surface area contributed by atoms with Crippen LogP contribution in [0.25, 0.3) is 22.2 Å². The highest BCUT2D eigenvalue weighted by atomic mass is 35.5. The first-order chi connectivity index (χ1) is 9.61. The molecular formula is C14H9Cl3N2O. The maximum absolute atomic E-state index is 9.14. The Morgan fingerprint density at radius 3 is 2.55 bits per heavy atom. The van der Waals surface area contributed by atoms with Crippen molar-refractivity contribution in [3.05, 3.63) is 51.2 Å². The Hall–Kier alpha value is -1.26. The Morgan fingerprint density at radius 1 is 1.10 bits per heavy atom. The third-order valence-corrected chi connectivity index (χ3v) is 4.01. The number of nitrogens with one attached hydrogen (secondary N) is 1. The Morgan fingerprint density at radius 2 is 1.85 bits per heavy atom. The van der Waals surface area contributed by atoms with Crippen molar-refractivity contribution in [3.8, 4) is 11.1 Å². The number of aliphatic hydroxyl groups is 1. The summed E-state index contributed by atoms with van der Waals surface area (Å²) in [5.74, 6) is 0.439. The standard InChI is InChI=1S/C14H9Cl3N2O/c15-8-4-2-1-3-7(8)12-9(16)5-10-14(13(12)17)19-11(6-20)18-10/h1-5,20H,6H2,(H,18,19). The molecule has 0 unspecified atom stereocenters. The van der Waals surface area contributed by atoms with Crippen molar-refractivity contribution < 1.29 is 5.11 Å². The van der Waals surface area contributed by atoms with Gasteiger partial charge in [0.1, 0.15) is 17.9 Å². The van der Waals surface area contributed by atoms with Crippen molar-refractivity contribution in [2.45, 2.75) is 6.61 Å². The number of halogens is 3. The molecule has 0 saturated carbocycles. The van der Waals surface area contributed by atoms with Gasteiger partial charge in [-0.3, -0.25) is 0 Å². The normalized spacial score (nSPS) is 11.2. The Bertz CT molecular complexity index is 798. The lowest BCUT2D eigenvalue weighted by molar-refractivity contribution is 0.273. The fraction of sp³-hybridized carbons (Fsp3) is 0.0714. The predicted octanol–water partition coefficient (Wildman–Crippen LogP) is 4.68. The molecule has 0 radical (unpaired) electrons. The number of aromatic amines is 1. The number of nitrogens with zero attached hydrogens (tertiary/aromatic N) is 1. The van der Waals surface area contributed by atoms with Crippen LogP contribution in [0.5, 0.6) is 0 Å². The maximum Gasteiger partial charge on any atom is 0.133 e. The molecule has 1 aromatic heterocycles. The molecule has 0 aliphatic carbocycles. The Labute approximate surface area is 130 Å². The van der Waals surface area contributed by atoms with Crippen molar-refractivity contribution >= 4 is 45.8 Å². The molecule has 0 fully saturated rings. The molecule has 6 heteroatoms. The molecule has 2 aromatic carbocycles. The van der Waals surface area contributed by atoms with Crippen LogP contribution >= 0.6 is 34.8 Å². The third-order valence-electron chi connectivity index (χ3n) is 3.01. The van der Waals surface area contributed by atoms with Gasteiger partial charge >= 0.3 is 0 Å². The van der Waals surface area contributed by atoms with Gasteiger partial charge in [0.05, 0.1) is 15.6 Å². The van der Waals surface area contributed by atoms with E-state index in [0.29, 0.717) is 37.5 Å². The second-order valence-corrected chi connectivity index (χ2v) is 5.46. The highest BCUT2D eigenvalue weighted by molar-refractivity contribution is 6.44. The van der Waals surface area contributed by atoms with Crippen LogP contribution in [0.15, 0.2) is 30.3 Å². The fourth-order valence-electron chi connectivity index (χ4n) is 2.12. The predicted molar refractivity (Wildman–Crippen MR) is 82.5 cm³/mol. The van der Waals surface area contributed by atoms with E-state index in [1.54, 1.807) is 12.1 Å².